The van der Waals surface area contributed by atoms with Crippen molar-refractivity contribution >= 4 is 10.8 Å². The number of fused-ring (bicyclic) bond motifs is 1. The first kappa shape index (κ1) is 13.2. The molecule has 0 atom stereocenters. The maximum Gasteiger partial charge on any atom is 0.161 e. The summed E-state index contributed by atoms with van der Waals surface area (Å²) in [4.78, 5) is 8.54. The topological polar surface area (TPSA) is 67.4 Å². The highest BCUT2D eigenvalue weighted by Crippen LogP contribution is 2.24. The monoisotopic (exact) mass is 297 g/mol. The number of nitrogens with zero attached hydrogens (tertiary/aromatic N) is 5. The van der Waals surface area contributed by atoms with Crippen LogP contribution < -0.4 is 0 Å². The Morgan fingerprint density at radius 3 is 2.57 bits per heavy atom. The average Bonchev–Trinajstić information content (AvgIpc) is 3.11. The van der Waals surface area contributed by atoms with Crippen molar-refractivity contribution < 1.29 is 0 Å². The zero-order chi connectivity index (χ0) is 15.6. The molecule has 0 saturated heterocycles. The second-order valence-electron chi connectivity index (χ2n) is 5.07. The smallest absolute Gasteiger partial charge is 0.161 e. The number of hydrogen-bond acceptors (Lipinski definition) is 4. The maximum absolute atomic E-state index is 9.23. The summed E-state index contributed by atoms with van der Waals surface area (Å²) in [6.45, 7) is 0. The fourth-order valence-corrected chi connectivity index (χ4v) is 2.57. The van der Waals surface area contributed by atoms with E-state index in [0.29, 0.717) is 11.4 Å². The molecule has 0 fully saturated rings. The molecule has 0 bridgehead atoms. The van der Waals surface area contributed by atoms with E-state index < -0.39 is 0 Å². The average molecular weight is 297 g/mol. The summed E-state index contributed by atoms with van der Waals surface area (Å²) >= 11 is 0. The van der Waals surface area contributed by atoms with E-state index in [1.807, 2.05) is 42.6 Å². The lowest BCUT2D eigenvalue weighted by molar-refractivity contribution is 0.855. The number of hydrogen-bond donors (Lipinski definition) is 0. The molecule has 1 aromatic carbocycles. The second kappa shape index (κ2) is 5.35. The van der Waals surface area contributed by atoms with Gasteiger partial charge in [0, 0.05) is 46.7 Å². The van der Waals surface area contributed by atoms with Gasteiger partial charge in [-0.2, -0.15) is 10.4 Å². The molecule has 0 aliphatic rings. The van der Waals surface area contributed by atoms with Crippen LogP contribution in [0.4, 0.5) is 0 Å². The first-order chi connectivity index (χ1) is 11.4. The minimum Gasteiger partial charge on any atom is -0.264 e. The van der Waals surface area contributed by atoms with Gasteiger partial charge in [0.25, 0.3) is 0 Å². The largest absolute Gasteiger partial charge is 0.264 e. The molecule has 4 rings (SSSR count). The minimum atomic E-state index is 0.559. The third-order valence-electron chi connectivity index (χ3n) is 3.69. The molecule has 0 aliphatic heterocycles. The number of aromatic nitrogens is 4. The van der Waals surface area contributed by atoms with Gasteiger partial charge in [-0.3, -0.25) is 4.98 Å². The van der Waals surface area contributed by atoms with E-state index in [1.165, 1.54) is 0 Å². The summed E-state index contributed by atoms with van der Waals surface area (Å²) in [5.41, 5.74) is 2.52. The summed E-state index contributed by atoms with van der Waals surface area (Å²) < 4.78 is 1.73. The van der Waals surface area contributed by atoms with E-state index in [2.05, 4.69) is 21.1 Å². The first-order valence-corrected chi connectivity index (χ1v) is 7.10. The van der Waals surface area contributed by atoms with Crippen LogP contribution in [0.25, 0.3) is 27.7 Å². The van der Waals surface area contributed by atoms with Crippen molar-refractivity contribution in [3.8, 4) is 23.0 Å². The molecule has 5 nitrogen and oxygen atoms in total. The predicted octanol–water partition coefficient (Wildman–Crippen LogP) is 3.35. The van der Waals surface area contributed by atoms with E-state index in [4.69, 9.17) is 0 Å². The van der Waals surface area contributed by atoms with Gasteiger partial charge < -0.3 is 0 Å². The van der Waals surface area contributed by atoms with Gasteiger partial charge >= 0.3 is 0 Å². The highest BCUT2D eigenvalue weighted by molar-refractivity contribution is 5.92. The lowest BCUT2D eigenvalue weighted by atomic mass is 10.1. The predicted molar refractivity (Wildman–Crippen MR) is 86.8 cm³/mol. The third-order valence-corrected chi connectivity index (χ3v) is 3.69. The van der Waals surface area contributed by atoms with Gasteiger partial charge in [-0.25, -0.2) is 9.67 Å². The zero-order valence-corrected chi connectivity index (χ0v) is 12.1. The highest BCUT2D eigenvalue weighted by Gasteiger charge is 2.10. The summed E-state index contributed by atoms with van der Waals surface area (Å²) in [5.74, 6) is 0.703. The summed E-state index contributed by atoms with van der Waals surface area (Å²) in [7, 11) is 0. The van der Waals surface area contributed by atoms with E-state index in [9.17, 15) is 5.26 Å². The molecule has 0 unspecified atom stereocenters. The fourth-order valence-electron chi connectivity index (χ4n) is 2.57. The van der Waals surface area contributed by atoms with Crippen LogP contribution in [0.15, 0.2) is 67.4 Å². The fraction of sp³-hybridized carbons (Fsp3) is 0. The molecular formula is C18H11N5. The summed E-state index contributed by atoms with van der Waals surface area (Å²) in [5, 5.41) is 15.4. The van der Waals surface area contributed by atoms with Gasteiger partial charge in [-0.05, 0) is 6.07 Å². The second-order valence-corrected chi connectivity index (χ2v) is 5.07. The van der Waals surface area contributed by atoms with Crippen LogP contribution in [0.1, 0.15) is 5.56 Å². The molecule has 3 aromatic heterocycles. The molecule has 23 heavy (non-hydrogen) atoms. The molecule has 0 N–H and O–H groups in total. The van der Waals surface area contributed by atoms with Gasteiger partial charge in [0.2, 0.25) is 0 Å². The van der Waals surface area contributed by atoms with Crippen LogP contribution in [-0.2, 0) is 0 Å². The number of pyridine rings is 2. The Morgan fingerprint density at radius 2 is 1.78 bits per heavy atom. The Bertz CT molecular complexity index is 1030. The van der Waals surface area contributed by atoms with Crippen molar-refractivity contribution in [2.75, 3.05) is 0 Å². The molecule has 0 spiro atoms. The van der Waals surface area contributed by atoms with Gasteiger partial charge in [-0.1, -0.05) is 30.3 Å². The standard InChI is InChI=1S/C18H11N5/c19-8-14-10-21-18(17-6-2-1-5-16(14)17)23-12-15(11-22-23)13-4-3-7-20-9-13/h1-7,9-12H. The van der Waals surface area contributed by atoms with Gasteiger partial charge in [-0.15, -0.1) is 0 Å². The summed E-state index contributed by atoms with van der Waals surface area (Å²) in [6.07, 6.45) is 8.82. The van der Waals surface area contributed by atoms with Crippen LogP contribution in [0.5, 0.6) is 0 Å². The Labute approximate surface area is 132 Å². The van der Waals surface area contributed by atoms with Crippen LogP contribution in [-0.4, -0.2) is 19.7 Å². The quantitative estimate of drug-likeness (QED) is 0.569. The van der Waals surface area contributed by atoms with Crippen molar-refractivity contribution in [2.45, 2.75) is 0 Å². The Hall–Kier alpha value is -3.52. The summed E-state index contributed by atoms with van der Waals surface area (Å²) in [6, 6.07) is 13.8. The number of benzene rings is 1. The van der Waals surface area contributed by atoms with Crippen LogP contribution >= 0.6 is 0 Å². The zero-order valence-electron chi connectivity index (χ0n) is 12.1. The van der Waals surface area contributed by atoms with E-state index in [-0.39, 0.29) is 0 Å². The van der Waals surface area contributed by atoms with E-state index >= 15 is 0 Å². The molecule has 0 radical (unpaired) electrons. The maximum atomic E-state index is 9.23. The first-order valence-electron chi connectivity index (χ1n) is 7.10. The lowest BCUT2D eigenvalue weighted by Crippen LogP contribution is -2.00. The third kappa shape index (κ3) is 2.23. The van der Waals surface area contributed by atoms with Gasteiger partial charge in [0.1, 0.15) is 6.07 Å². The Balaban J connectivity index is 1.88. The van der Waals surface area contributed by atoms with Crippen LogP contribution in [0, 0.1) is 11.3 Å². The van der Waals surface area contributed by atoms with E-state index in [1.54, 1.807) is 29.5 Å². The van der Waals surface area contributed by atoms with Crippen molar-refractivity contribution in [2.24, 2.45) is 0 Å². The molecule has 0 saturated carbocycles. The molecular weight excluding hydrogens is 286 g/mol. The number of rotatable bonds is 2. The molecule has 4 aromatic rings. The lowest BCUT2D eigenvalue weighted by Gasteiger charge is -2.06. The minimum absolute atomic E-state index is 0.559. The van der Waals surface area contributed by atoms with Crippen molar-refractivity contribution in [1.82, 2.24) is 19.7 Å². The normalized spacial score (nSPS) is 10.6. The molecule has 3 heterocycles. The molecule has 0 amide bonds. The van der Waals surface area contributed by atoms with Crippen LogP contribution in [0.2, 0.25) is 0 Å². The van der Waals surface area contributed by atoms with Crippen molar-refractivity contribution in [3.63, 3.8) is 0 Å². The molecule has 108 valence electrons. The van der Waals surface area contributed by atoms with Crippen molar-refractivity contribution in [3.05, 3.63) is 72.9 Å². The van der Waals surface area contributed by atoms with Crippen LogP contribution in [0.3, 0.4) is 0 Å². The highest BCUT2D eigenvalue weighted by atomic mass is 15.3. The SMILES string of the molecule is N#Cc1cnc(-n2cc(-c3cccnc3)cn2)c2ccccc12. The Kier molecular flexibility index (Phi) is 3.06. The van der Waals surface area contributed by atoms with Gasteiger partial charge in [0.15, 0.2) is 5.82 Å². The van der Waals surface area contributed by atoms with Gasteiger partial charge in [0.05, 0.1) is 11.8 Å². The number of nitriles is 1. The van der Waals surface area contributed by atoms with E-state index in [0.717, 1.165) is 21.9 Å². The molecule has 5 heteroatoms. The van der Waals surface area contributed by atoms with Crippen molar-refractivity contribution in [1.29, 1.82) is 5.26 Å². The Morgan fingerprint density at radius 1 is 0.913 bits per heavy atom. The molecule has 0 aliphatic carbocycles.